The third-order valence-corrected chi connectivity index (χ3v) is 2.84. The minimum atomic E-state index is 0.554. The minimum Gasteiger partial charge on any atom is -0.494 e. The summed E-state index contributed by atoms with van der Waals surface area (Å²) < 4.78 is 11.2. The lowest BCUT2D eigenvalue weighted by Gasteiger charge is -2.11. The van der Waals surface area contributed by atoms with Gasteiger partial charge in [-0.25, -0.2) is 0 Å². The highest BCUT2D eigenvalue weighted by Gasteiger charge is 1.99. The summed E-state index contributed by atoms with van der Waals surface area (Å²) in [4.78, 5) is 0. The van der Waals surface area contributed by atoms with Crippen molar-refractivity contribution >= 4 is 0 Å². The molecule has 3 heteroatoms. The summed E-state index contributed by atoms with van der Waals surface area (Å²) >= 11 is 0. The second-order valence-electron chi connectivity index (χ2n) is 4.50. The highest BCUT2D eigenvalue weighted by atomic mass is 16.5. The zero-order valence-corrected chi connectivity index (χ0v) is 11.7. The lowest BCUT2D eigenvalue weighted by molar-refractivity contribution is 0.296. The molecule has 0 spiro atoms. The standard InChI is InChI=1S/C15H25NO2/c1-4-11-17-14-7-9-15(10-8-14)18-12-5-6-13(2)16-3/h7-10,13,16H,4-6,11-12H2,1-3H3. The molecular formula is C15H25NO2. The van der Waals surface area contributed by atoms with Crippen molar-refractivity contribution in [2.75, 3.05) is 20.3 Å². The predicted octanol–water partition coefficient (Wildman–Crippen LogP) is 3.24. The smallest absolute Gasteiger partial charge is 0.119 e. The molecule has 1 atom stereocenters. The molecule has 0 radical (unpaired) electrons. The van der Waals surface area contributed by atoms with Gasteiger partial charge in [0, 0.05) is 6.04 Å². The van der Waals surface area contributed by atoms with Crippen molar-refractivity contribution in [2.24, 2.45) is 0 Å². The molecule has 0 amide bonds. The maximum atomic E-state index is 5.68. The lowest BCUT2D eigenvalue weighted by Crippen LogP contribution is -2.21. The Morgan fingerprint density at radius 1 is 1.06 bits per heavy atom. The maximum Gasteiger partial charge on any atom is 0.119 e. The van der Waals surface area contributed by atoms with E-state index < -0.39 is 0 Å². The number of hydrogen-bond acceptors (Lipinski definition) is 3. The van der Waals surface area contributed by atoms with Crippen LogP contribution in [-0.2, 0) is 0 Å². The first-order chi connectivity index (χ1) is 8.76. The van der Waals surface area contributed by atoms with E-state index in [1.807, 2.05) is 31.3 Å². The fraction of sp³-hybridized carbons (Fsp3) is 0.600. The quantitative estimate of drug-likeness (QED) is 0.683. The van der Waals surface area contributed by atoms with E-state index in [2.05, 4.69) is 19.2 Å². The van der Waals surface area contributed by atoms with E-state index in [0.29, 0.717) is 6.04 Å². The largest absolute Gasteiger partial charge is 0.494 e. The molecule has 0 saturated carbocycles. The molecule has 0 aliphatic rings. The Bertz CT molecular complexity index is 311. The van der Waals surface area contributed by atoms with Crippen molar-refractivity contribution in [2.45, 2.75) is 39.2 Å². The van der Waals surface area contributed by atoms with E-state index in [0.717, 1.165) is 44.0 Å². The molecule has 0 aromatic heterocycles. The average molecular weight is 251 g/mol. The second kappa shape index (κ2) is 8.81. The first kappa shape index (κ1) is 14.8. The zero-order valence-electron chi connectivity index (χ0n) is 11.7. The lowest BCUT2D eigenvalue weighted by atomic mass is 10.2. The van der Waals surface area contributed by atoms with E-state index in [9.17, 15) is 0 Å². The number of rotatable bonds is 9. The molecule has 0 aliphatic heterocycles. The van der Waals surface area contributed by atoms with Crippen molar-refractivity contribution in [3.05, 3.63) is 24.3 Å². The molecule has 0 aliphatic carbocycles. The van der Waals surface area contributed by atoms with Gasteiger partial charge in [-0.05, 0) is 57.5 Å². The van der Waals surface area contributed by atoms with Crippen molar-refractivity contribution in [3.63, 3.8) is 0 Å². The van der Waals surface area contributed by atoms with Crippen LogP contribution in [0.25, 0.3) is 0 Å². The van der Waals surface area contributed by atoms with Gasteiger partial charge in [-0.2, -0.15) is 0 Å². The summed E-state index contributed by atoms with van der Waals surface area (Å²) in [6, 6.07) is 8.40. The first-order valence-corrected chi connectivity index (χ1v) is 6.79. The predicted molar refractivity (Wildman–Crippen MR) is 75.5 cm³/mol. The molecule has 0 bridgehead atoms. The van der Waals surface area contributed by atoms with Crippen LogP contribution in [0.15, 0.2) is 24.3 Å². The van der Waals surface area contributed by atoms with Gasteiger partial charge >= 0.3 is 0 Å². The number of nitrogens with one attached hydrogen (secondary N) is 1. The molecule has 1 aromatic carbocycles. The summed E-state index contributed by atoms with van der Waals surface area (Å²) in [7, 11) is 1.99. The number of hydrogen-bond donors (Lipinski definition) is 1. The van der Waals surface area contributed by atoms with Crippen LogP contribution >= 0.6 is 0 Å². The Labute approximate surface area is 110 Å². The van der Waals surface area contributed by atoms with Crippen LogP contribution in [0.1, 0.15) is 33.1 Å². The van der Waals surface area contributed by atoms with Crippen LogP contribution in [0.5, 0.6) is 11.5 Å². The third kappa shape index (κ3) is 5.92. The molecule has 1 aromatic rings. The van der Waals surface area contributed by atoms with Crippen LogP contribution in [0.3, 0.4) is 0 Å². The molecule has 1 unspecified atom stereocenters. The minimum absolute atomic E-state index is 0.554. The average Bonchev–Trinajstić information content (AvgIpc) is 2.42. The summed E-state index contributed by atoms with van der Waals surface area (Å²) in [5.41, 5.74) is 0. The van der Waals surface area contributed by atoms with Gasteiger partial charge in [0.2, 0.25) is 0 Å². The van der Waals surface area contributed by atoms with E-state index >= 15 is 0 Å². The molecule has 18 heavy (non-hydrogen) atoms. The van der Waals surface area contributed by atoms with Crippen LogP contribution in [0.4, 0.5) is 0 Å². The monoisotopic (exact) mass is 251 g/mol. The van der Waals surface area contributed by atoms with E-state index in [1.54, 1.807) is 0 Å². The van der Waals surface area contributed by atoms with Crippen molar-refractivity contribution in [3.8, 4) is 11.5 Å². The Balaban J connectivity index is 2.22. The Morgan fingerprint density at radius 3 is 2.11 bits per heavy atom. The van der Waals surface area contributed by atoms with Gasteiger partial charge in [0.1, 0.15) is 11.5 Å². The number of benzene rings is 1. The zero-order chi connectivity index (χ0) is 13.2. The maximum absolute atomic E-state index is 5.68. The highest BCUT2D eigenvalue weighted by molar-refractivity contribution is 5.31. The SMILES string of the molecule is CCCOc1ccc(OCCCC(C)NC)cc1. The summed E-state index contributed by atoms with van der Waals surface area (Å²) in [6.07, 6.45) is 3.23. The van der Waals surface area contributed by atoms with Crippen LogP contribution < -0.4 is 14.8 Å². The van der Waals surface area contributed by atoms with Gasteiger partial charge < -0.3 is 14.8 Å². The fourth-order valence-electron chi connectivity index (χ4n) is 1.58. The van der Waals surface area contributed by atoms with Gasteiger partial charge in [-0.1, -0.05) is 6.92 Å². The van der Waals surface area contributed by atoms with E-state index in [4.69, 9.17) is 9.47 Å². The molecule has 1 N–H and O–H groups in total. The highest BCUT2D eigenvalue weighted by Crippen LogP contribution is 2.18. The van der Waals surface area contributed by atoms with Crippen LogP contribution in [-0.4, -0.2) is 26.3 Å². The Kier molecular flexibility index (Phi) is 7.26. The molecule has 3 nitrogen and oxygen atoms in total. The van der Waals surface area contributed by atoms with Crippen molar-refractivity contribution in [1.29, 1.82) is 0 Å². The molecule has 0 heterocycles. The number of ether oxygens (including phenoxy) is 2. The van der Waals surface area contributed by atoms with Crippen LogP contribution in [0.2, 0.25) is 0 Å². The summed E-state index contributed by atoms with van der Waals surface area (Å²) in [6.45, 7) is 5.81. The van der Waals surface area contributed by atoms with Gasteiger partial charge in [0.25, 0.3) is 0 Å². The Morgan fingerprint density at radius 2 is 1.61 bits per heavy atom. The van der Waals surface area contributed by atoms with E-state index in [1.165, 1.54) is 0 Å². The van der Waals surface area contributed by atoms with Crippen molar-refractivity contribution < 1.29 is 9.47 Å². The summed E-state index contributed by atoms with van der Waals surface area (Å²) in [5, 5.41) is 3.22. The van der Waals surface area contributed by atoms with Crippen molar-refractivity contribution in [1.82, 2.24) is 5.32 Å². The van der Waals surface area contributed by atoms with Gasteiger partial charge in [-0.3, -0.25) is 0 Å². The molecule has 0 fully saturated rings. The third-order valence-electron chi connectivity index (χ3n) is 2.84. The van der Waals surface area contributed by atoms with Gasteiger partial charge in [0.05, 0.1) is 13.2 Å². The van der Waals surface area contributed by atoms with Crippen LogP contribution in [0, 0.1) is 0 Å². The summed E-state index contributed by atoms with van der Waals surface area (Å²) in [5.74, 6) is 1.82. The van der Waals surface area contributed by atoms with Gasteiger partial charge in [0.15, 0.2) is 0 Å². The Hall–Kier alpha value is -1.22. The topological polar surface area (TPSA) is 30.5 Å². The molecule has 0 saturated heterocycles. The van der Waals surface area contributed by atoms with E-state index in [-0.39, 0.29) is 0 Å². The first-order valence-electron chi connectivity index (χ1n) is 6.79. The molecule has 102 valence electrons. The van der Waals surface area contributed by atoms with Gasteiger partial charge in [-0.15, -0.1) is 0 Å². The fourth-order valence-corrected chi connectivity index (χ4v) is 1.58. The molecule has 1 rings (SSSR count). The second-order valence-corrected chi connectivity index (χ2v) is 4.50. The molecular weight excluding hydrogens is 226 g/mol. The normalized spacial score (nSPS) is 12.2.